The van der Waals surface area contributed by atoms with Gasteiger partial charge in [0.1, 0.15) is 12.4 Å². The van der Waals surface area contributed by atoms with Crippen LogP contribution in [0.15, 0.2) is 34.7 Å². The molecule has 0 spiro atoms. The first-order chi connectivity index (χ1) is 10.3. The second-order valence-corrected chi connectivity index (χ2v) is 5.30. The summed E-state index contributed by atoms with van der Waals surface area (Å²) in [6, 6.07) is 9.55. The average Bonchev–Trinajstić information content (AvgIpc) is 2.97. The van der Waals surface area contributed by atoms with Crippen LogP contribution < -0.4 is 5.32 Å². The molecule has 0 saturated heterocycles. The number of carbonyl (C=O) groups is 1. The third-order valence-electron chi connectivity index (χ3n) is 3.82. The highest BCUT2D eigenvalue weighted by Gasteiger charge is 2.16. The van der Waals surface area contributed by atoms with Crippen LogP contribution in [0.4, 0.5) is 5.69 Å². The number of amides is 1. The lowest BCUT2D eigenvalue weighted by molar-refractivity contribution is 0.0987. The van der Waals surface area contributed by atoms with Crippen molar-refractivity contribution < 1.29 is 13.9 Å². The Morgan fingerprint density at radius 2 is 2.10 bits per heavy atom. The molecule has 0 saturated carbocycles. The number of anilines is 1. The van der Waals surface area contributed by atoms with Crippen molar-refractivity contribution in [3.63, 3.8) is 0 Å². The van der Waals surface area contributed by atoms with Crippen LogP contribution in [-0.4, -0.2) is 13.0 Å². The quantitative estimate of drug-likeness (QED) is 0.934. The fourth-order valence-corrected chi connectivity index (χ4v) is 2.80. The van der Waals surface area contributed by atoms with Crippen LogP contribution in [-0.2, 0) is 24.2 Å². The molecule has 0 atom stereocenters. The van der Waals surface area contributed by atoms with Crippen LogP contribution >= 0.6 is 0 Å². The number of ether oxygens (including phenoxy) is 1. The van der Waals surface area contributed by atoms with E-state index in [0.717, 1.165) is 18.5 Å². The Kier molecular flexibility index (Phi) is 4.06. The van der Waals surface area contributed by atoms with Gasteiger partial charge in [-0.05, 0) is 55.0 Å². The zero-order chi connectivity index (χ0) is 14.7. The molecule has 0 aliphatic heterocycles. The second kappa shape index (κ2) is 6.14. The molecule has 1 heterocycles. The van der Waals surface area contributed by atoms with Gasteiger partial charge in [0.15, 0.2) is 5.76 Å². The summed E-state index contributed by atoms with van der Waals surface area (Å²) in [6.07, 6.45) is 4.53. The Morgan fingerprint density at radius 3 is 2.95 bits per heavy atom. The third kappa shape index (κ3) is 3.00. The molecule has 1 aromatic carbocycles. The molecule has 4 heteroatoms. The summed E-state index contributed by atoms with van der Waals surface area (Å²) in [5.74, 6) is 0.754. The Labute approximate surface area is 124 Å². The van der Waals surface area contributed by atoms with Gasteiger partial charge in [0.2, 0.25) is 0 Å². The van der Waals surface area contributed by atoms with Crippen LogP contribution in [0.5, 0.6) is 0 Å². The van der Waals surface area contributed by atoms with Gasteiger partial charge in [-0.25, -0.2) is 0 Å². The van der Waals surface area contributed by atoms with E-state index >= 15 is 0 Å². The maximum atomic E-state index is 12.3. The predicted molar refractivity (Wildman–Crippen MR) is 80.5 cm³/mol. The van der Waals surface area contributed by atoms with E-state index in [1.807, 2.05) is 12.1 Å². The van der Waals surface area contributed by atoms with Gasteiger partial charge in [-0.2, -0.15) is 0 Å². The molecule has 2 aromatic rings. The van der Waals surface area contributed by atoms with E-state index in [1.54, 1.807) is 19.2 Å². The van der Waals surface area contributed by atoms with Gasteiger partial charge < -0.3 is 14.5 Å². The predicted octanol–water partition coefficient (Wildman–Crippen LogP) is 3.56. The minimum absolute atomic E-state index is 0.212. The largest absolute Gasteiger partial charge is 0.453 e. The highest BCUT2D eigenvalue weighted by molar-refractivity contribution is 6.02. The summed E-state index contributed by atoms with van der Waals surface area (Å²) in [6.45, 7) is 0.369. The van der Waals surface area contributed by atoms with Gasteiger partial charge in [-0.1, -0.05) is 12.1 Å². The van der Waals surface area contributed by atoms with E-state index in [4.69, 9.17) is 9.15 Å². The summed E-state index contributed by atoms with van der Waals surface area (Å²) >= 11 is 0. The fourth-order valence-electron chi connectivity index (χ4n) is 2.80. The molecule has 1 amide bonds. The van der Waals surface area contributed by atoms with Gasteiger partial charge >= 0.3 is 0 Å². The van der Waals surface area contributed by atoms with Crippen molar-refractivity contribution in [1.82, 2.24) is 0 Å². The van der Waals surface area contributed by atoms with Crippen LogP contribution in [0.2, 0.25) is 0 Å². The van der Waals surface area contributed by atoms with Gasteiger partial charge in [-0.3, -0.25) is 4.79 Å². The van der Waals surface area contributed by atoms with E-state index in [-0.39, 0.29) is 5.91 Å². The molecule has 1 aromatic heterocycles. The van der Waals surface area contributed by atoms with E-state index < -0.39 is 0 Å². The van der Waals surface area contributed by atoms with Crippen LogP contribution in [0.1, 0.15) is 40.3 Å². The number of benzene rings is 1. The Balaban J connectivity index is 1.78. The first-order valence-electron chi connectivity index (χ1n) is 7.27. The number of carbonyl (C=O) groups excluding carboxylic acids is 1. The van der Waals surface area contributed by atoms with Crippen molar-refractivity contribution >= 4 is 11.6 Å². The van der Waals surface area contributed by atoms with E-state index in [1.165, 1.54) is 24.0 Å². The molecule has 0 radical (unpaired) electrons. The zero-order valence-electron chi connectivity index (χ0n) is 12.1. The van der Waals surface area contributed by atoms with E-state index in [2.05, 4.69) is 11.4 Å². The number of hydrogen-bond donors (Lipinski definition) is 1. The van der Waals surface area contributed by atoms with Crippen molar-refractivity contribution in [1.29, 1.82) is 0 Å². The molecule has 0 bridgehead atoms. The highest BCUT2D eigenvalue weighted by atomic mass is 16.5. The topological polar surface area (TPSA) is 51.5 Å². The number of furan rings is 1. The van der Waals surface area contributed by atoms with Crippen molar-refractivity contribution in [2.24, 2.45) is 0 Å². The second-order valence-electron chi connectivity index (χ2n) is 5.30. The van der Waals surface area contributed by atoms with E-state index in [9.17, 15) is 4.79 Å². The van der Waals surface area contributed by atoms with Gasteiger partial charge in [0, 0.05) is 12.8 Å². The number of hydrogen-bond acceptors (Lipinski definition) is 3. The van der Waals surface area contributed by atoms with Crippen molar-refractivity contribution in [2.45, 2.75) is 32.3 Å². The number of rotatable bonds is 4. The lowest BCUT2D eigenvalue weighted by Crippen LogP contribution is -2.14. The Hall–Kier alpha value is -2.07. The monoisotopic (exact) mass is 285 g/mol. The van der Waals surface area contributed by atoms with Gasteiger partial charge in [-0.15, -0.1) is 0 Å². The highest BCUT2D eigenvalue weighted by Crippen LogP contribution is 2.28. The van der Waals surface area contributed by atoms with Gasteiger partial charge in [0.05, 0.1) is 0 Å². The lowest BCUT2D eigenvalue weighted by Gasteiger charge is -2.19. The maximum absolute atomic E-state index is 12.3. The number of nitrogens with one attached hydrogen (secondary N) is 1. The minimum atomic E-state index is -0.212. The standard InChI is InChI=1S/C17H19NO3/c1-20-11-13-9-10-16(21-13)17(19)18-15-8-4-6-12-5-2-3-7-14(12)15/h4,6,8-10H,2-3,5,7,11H2,1H3,(H,18,19). The normalized spacial score (nSPS) is 13.8. The first-order valence-corrected chi connectivity index (χ1v) is 7.27. The summed E-state index contributed by atoms with van der Waals surface area (Å²) in [5, 5.41) is 2.97. The Morgan fingerprint density at radius 1 is 1.24 bits per heavy atom. The number of fused-ring (bicyclic) bond motifs is 1. The number of methoxy groups -OCH3 is 1. The summed E-state index contributed by atoms with van der Waals surface area (Å²) in [4.78, 5) is 12.3. The molecular weight excluding hydrogens is 266 g/mol. The summed E-state index contributed by atoms with van der Waals surface area (Å²) in [5.41, 5.74) is 3.52. The fraction of sp³-hybridized carbons (Fsp3) is 0.353. The third-order valence-corrected chi connectivity index (χ3v) is 3.82. The van der Waals surface area contributed by atoms with Crippen LogP contribution in [0, 0.1) is 0 Å². The minimum Gasteiger partial charge on any atom is -0.453 e. The molecular formula is C17H19NO3. The molecule has 3 rings (SSSR count). The molecule has 1 aliphatic rings. The molecule has 21 heavy (non-hydrogen) atoms. The van der Waals surface area contributed by atoms with Gasteiger partial charge in [0.25, 0.3) is 5.91 Å². The SMILES string of the molecule is COCc1ccc(C(=O)Nc2cccc3c2CCCC3)o1. The summed E-state index contributed by atoms with van der Waals surface area (Å²) < 4.78 is 10.5. The summed E-state index contributed by atoms with van der Waals surface area (Å²) in [7, 11) is 1.60. The molecule has 0 unspecified atom stereocenters. The molecule has 0 fully saturated rings. The molecule has 4 nitrogen and oxygen atoms in total. The lowest BCUT2D eigenvalue weighted by atomic mass is 9.90. The van der Waals surface area contributed by atoms with Crippen molar-refractivity contribution in [3.05, 3.63) is 53.0 Å². The van der Waals surface area contributed by atoms with Crippen molar-refractivity contribution in [2.75, 3.05) is 12.4 Å². The molecule has 1 N–H and O–H groups in total. The average molecular weight is 285 g/mol. The van der Waals surface area contributed by atoms with Crippen molar-refractivity contribution in [3.8, 4) is 0 Å². The van der Waals surface area contributed by atoms with Crippen LogP contribution in [0.25, 0.3) is 0 Å². The maximum Gasteiger partial charge on any atom is 0.291 e. The molecule has 1 aliphatic carbocycles. The molecule has 110 valence electrons. The van der Waals surface area contributed by atoms with E-state index in [0.29, 0.717) is 18.1 Å². The number of aryl methyl sites for hydroxylation is 1. The van der Waals surface area contributed by atoms with Crippen LogP contribution in [0.3, 0.4) is 0 Å². The first kappa shape index (κ1) is 13.9. The smallest absolute Gasteiger partial charge is 0.291 e. The Bertz CT molecular complexity index is 645. The zero-order valence-corrected chi connectivity index (χ0v) is 12.1.